The van der Waals surface area contributed by atoms with Crippen LogP contribution in [0, 0.1) is 0 Å². The van der Waals surface area contributed by atoms with Crippen molar-refractivity contribution in [3.63, 3.8) is 0 Å². The Balaban J connectivity index is 3.23. The average Bonchev–Trinajstić information content (AvgIpc) is 2.33. The monoisotopic (exact) mass is 311 g/mol. The highest BCUT2D eigenvalue weighted by Gasteiger charge is 2.01. The molecule has 104 valence electrons. The molecule has 0 N–H and O–H groups in total. The van der Waals surface area contributed by atoms with Gasteiger partial charge in [0.15, 0.2) is 0 Å². The van der Waals surface area contributed by atoms with E-state index < -0.39 is 0 Å². The fraction of sp³-hybridized carbons (Fsp3) is 1.00. The van der Waals surface area contributed by atoms with Crippen LogP contribution in [0.4, 0.5) is 0 Å². The van der Waals surface area contributed by atoms with E-state index in [2.05, 4.69) is 27.8 Å². The summed E-state index contributed by atoms with van der Waals surface area (Å²) in [5.74, 6) is 0. The summed E-state index contributed by atoms with van der Waals surface area (Å²) in [6, 6.07) is 0. The summed E-state index contributed by atoms with van der Waals surface area (Å²) in [5, 5.41) is 1.02. The lowest BCUT2D eigenvalue weighted by Crippen LogP contribution is -2.30. The molecule has 0 amide bonds. The highest BCUT2D eigenvalue weighted by Crippen LogP contribution is 1.94. The number of halogens is 1. The largest absolute Gasteiger partial charge is 0.382 e. The molecule has 0 aromatic rings. The lowest BCUT2D eigenvalue weighted by atomic mass is 10.4. The minimum Gasteiger partial charge on any atom is -0.382 e. The van der Waals surface area contributed by atoms with Crippen molar-refractivity contribution in [3.8, 4) is 0 Å². The summed E-state index contributed by atoms with van der Waals surface area (Å²) in [7, 11) is 1.67. The second-order valence-electron chi connectivity index (χ2n) is 3.75. The summed E-state index contributed by atoms with van der Waals surface area (Å²) in [6.45, 7) is 8.80. The van der Waals surface area contributed by atoms with Crippen molar-refractivity contribution in [2.24, 2.45) is 0 Å². The van der Waals surface area contributed by atoms with Gasteiger partial charge >= 0.3 is 0 Å². The van der Waals surface area contributed by atoms with E-state index in [9.17, 15) is 0 Å². The van der Waals surface area contributed by atoms with Crippen molar-refractivity contribution in [1.82, 2.24) is 4.90 Å². The van der Waals surface area contributed by atoms with Gasteiger partial charge in [0, 0.05) is 25.5 Å². The number of hydrogen-bond acceptors (Lipinski definition) is 4. The Hall–Kier alpha value is 0.320. The normalized spacial score (nSPS) is 11.3. The van der Waals surface area contributed by atoms with Gasteiger partial charge in [-0.15, -0.1) is 0 Å². The second-order valence-corrected chi connectivity index (χ2v) is 4.54. The summed E-state index contributed by atoms with van der Waals surface area (Å²) >= 11 is 3.46. The summed E-state index contributed by atoms with van der Waals surface area (Å²) in [4.78, 5) is 2.40. The number of hydrogen-bond donors (Lipinski definition) is 0. The van der Waals surface area contributed by atoms with E-state index in [-0.39, 0.29) is 0 Å². The number of nitrogens with zero attached hydrogens (tertiary/aromatic N) is 1. The molecule has 5 heteroatoms. The van der Waals surface area contributed by atoms with Gasteiger partial charge in [0.2, 0.25) is 0 Å². The average molecular weight is 312 g/mol. The van der Waals surface area contributed by atoms with Crippen LogP contribution in [0.5, 0.6) is 0 Å². The molecule has 0 unspecified atom stereocenters. The molecule has 0 bridgehead atoms. The molecule has 0 spiro atoms. The molecule has 4 nitrogen and oxygen atoms in total. The Kier molecular flexibility index (Phi) is 14.7. The van der Waals surface area contributed by atoms with Crippen LogP contribution in [0.2, 0.25) is 0 Å². The molecule has 0 aliphatic rings. The van der Waals surface area contributed by atoms with E-state index in [4.69, 9.17) is 14.2 Å². The molecular weight excluding hydrogens is 286 g/mol. The minimum absolute atomic E-state index is 0.644. The van der Waals surface area contributed by atoms with Crippen molar-refractivity contribution >= 4 is 15.9 Å². The summed E-state index contributed by atoms with van der Waals surface area (Å²) in [6.07, 6.45) is 1.19. The molecule has 0 aliphatic heterocycles. The van der Waals surface area contributed by atoms with Crippen LogP contribution >= 0.6 is 15.9 Å². The molecule has 0 fully saturated rings. The van der Waals surface area contributed by atoms with Gasteiger partial charge in [0.25, 0.3) is 0 Å². The highest BCUT2D eigenvalue weighted by molar-refractivity contribution is 9.09. The predicted octanol–water partition coefficient (Wildman–Crippen LogP) is 1.77. The Labute approximate surface area is 114 Å². The Morgan fingerprint density at radius 1 is 0.882 bits per heavy atom. The van der Waals surface area contributed by atoms with E-state index in [0.29, 0.717) is 26.4 Å². The van der Waals surface area contributed by atoms with Crippen LogP contribution in [-0.4, -0.2) is 70.0 Å². The lowest BCUT2D eigenvalue weighted by molar-refractivity contribution is 0.0198. The first-order valence-electron chi connectivity index (χ1n) is 6.27. The van der Waals surface area contributed by atoms with Gasteiger partial charge in [-0.05, 0) is 13.0 Å². The number of methoxy groups -OCH3 is 1. The smallest absolute Gasteiger partial charge is 0.0701 e. The van der Waals surface area contributed by atoms with Gasteiger partial charge in [-0.25, -0.2) is 0 Å². The molecule has 0 saturated heterocycles. The molecule has 0 radical (unpaired) electrons. The topological polar surface area (TPSA) is 30.9 Å². The zero-order valence-corrected chi connectivity index (χ0v) is 12.7. The van der Waals surface area contributed by atoms with Crippen LogP contribution in [-0.2, 0) is 14.2 Å². The molecule has 0 aliphatic carbocycles. The van der Waals surface area contributed by atoms with E-state index in [1.54, 1.807) is 7.11 Å². The van der Waals surface area contributed by atoms with E-state index in [0.717, 1.165) is 31.6 Å². The first kappa shape index (κ1) is 17.3. The Bertz CT molecular complexity index is 144. The second kappa shape index (κ2) is 14.4. The molecule has 0 heterocycles. The maximum atomic E-state index is 5.51. The fourth-order valence-electron chi connectivity index (χ4n) is 1.43. The molecule has 0 saturated carbocycles. The van der Waals surface area contributed by atoms with Gasteiger partial charge < -0.3 is 19.1 Å². The van der Waals surface area contributed by atoms with Crippen LogP contribution < -0.4 is 0 Å². The molecule has 0 aromatic carbocycles. The third-order valence-electron chi connectivity index (χ3n) is 2.30. The Morgan fingerprint density at radius 3 is 2.12 bits per heavy atom. The third kappa shape index (κ3) is 12.6. The van der Waals surface area contributed by atoms with Gasteiger partial charge in [0.1, 0.15) is 0 Å². The number of ether oxygens (including phenoxy) is 3. The maximum absolute atomic E-state index is 5.51. The van der Waals surface area contributed by atoms with E-state index >= 15 is 0 Å². The van der Waals surface area contributed by atoms with Crippen LogP contribution in [0.3, 0.4) is 0 Å². The molecular formula is C12H26BrNO3. The van der Waals surface area contributed by atoms with Crippen molar-refractivity contribution in [2.75, 3.05) is 65.1 Å². The SMILES string of the molecule is CCCN(CCBr)CCOCCOCCOC. The first-order valence-corrected chi connectivity index (χ1v) is 7.40. The van der Waals surface area contributed by atoms with Crippen LogP contribution in [0.25, 0.3) is 0 Å². The van der Waals surface area contributed by atoms with Crippen LogP contribution in [0.15, 0.2) is 0 Å². The summed E-state index contributed by atoms with van der Waals surface area (Å²) < 4.78 is 15.7. The molecule has 17 heavy (non-hydrogen) atoms. The van der Waals surface area contributed by atoms with E-state index in [1.165, 1.54) is 6.42 Å². The quantitative estimate of drug-likeness (QED) is 0.383. The van der Waals surface area contributed by atoms with E-state index in [1.807, 2.05) is 0 Å². The molecule has 0 atom stereocenters. The predicted molar refractivity (Wildman–Crippen MR) is 74.0 cm³/mol. The van der Waals surface area contributed by atoms with Crippen molar-refractivity contribution in [1.29, 1.82) is 0 Å². The number of alkyl halides is 1. The highest BCUT2D eigenvalue weighted by atomic mass is 79.9. The van der Waals surface area contributed by atoms with Gasteiger partial charge in [0.05, 0.1) is 33.0 Å². The van der Waals surface area contributed by atoms with Gasteiger partial charge in [-0.3, -0.25) is 0 Å². The first-order chi connectivity index (χ1) is 8.35. The van der Waals surface area contributed by atoms with Crippen molar-refractivity contribution in [2.45, 2.75) is 13.3 Å². The van der Waals surface area contributed by atoms with Crippen molar-refractivity contribution in [3.05, 3.63) is 0 Å². The Morgan fingerprint density at radius 2 is 1.53 bits per heavy atom. The van der Waals surface area contributed by atoms with Crippen LogP contribution in [0.1, 0.15) is 13.3 Å². The molecule has 0 aromatic heterocycles. The molecule has 0 rings (SSSR count). The van der Waals surface area contributed by atoms with Crippen molar-refractivity contribution < 1.29 is 14.2 Å². The lowest BCUT2D eigenvalue weighted by Gasteiger charge is -2.20. The zero-order chi connectivity index (χ0) is 12.8. The third-order valence-corrected chi connectivity index (χ3v) is 2.65. The maximum Gasteiger partial charge on any atom is 0.0701 e. The van der Waals surface area contributed by atoms with Gasteiger partial charge in [-0.1, -0.05) is 22.9 Å². The standard InChI is InChI=1S/C12H26BrNO3/c1-3-5-14(6-4-13)7-8-16-11-12-17-10-9-15-2/h3-12H2,1-2H3. The minimum atomic E-state index is 0.644. The van der Waals surface area contributed by atoms with Gasteiger partial charge in [-0.2, -0.15) is 0 Å². The fourth-order valence-corrected chi connectivity index (χ4v) is 1.93. The zero-order valence-electron chi connectivity index (χ0n) is 11.1. The summed E-state index contributed by atoms with van der Waals surface area (Å²) in [5.41, 5.74) is 0. The number of rotatable bonds is 13.